The minimum atomic E-state index is 0.0316. The fourth-order valence-electron chi connectivity index (χ4n) is 3.24. The van der Waals surface area contributed by atoms with E-state index in [1.54, 1.807) is 11.3 Å². The zero-order valence-electron chi connectivity index (χ0n) is 14.2. The standard InChI is InChI=1S/C19H24N2O2S/c1-3-12-21-16-11-10-15(23-4-2)13-17(16)24-19(21)20-18(22)14-8-6-5-7-9-14/h3,10-11,13-14H,1,4-9,12H2,2H3. The molecule has 0 saturated heterocycles. The minimum absolute atomic E-state index is 0.0316. The first-order valence-electron chi connectivity index (χ1n) is 8.68. The molecule has 1 heterocycles. The average molecular weight is 344 g/mol. The summed E-state index contributed by atoms with van der Waals surface area (Å²) in [6.07, 6.45) is 7.31. The normalized spacial score (nSPS) is 16.5. The molecule has 1 aromatic heterocycles. The van der Waals surface area contributed by atoms with Gasteiger partial charge in [0, 0.05) is 12.5 Å². The van der Waals surface area contributed by atoms with Crippen molar-refractivity contribution in [3.63, 3.8) is 0 Å². The molecule has 1 fully saturated rings. The lowest BCUT2D eigenvalue weighted by molar-refractivity contribution is -0.122. The molecule has 0 N–H and O–H groups in total. The lowest BCUT2D eigenvalue weighted by Crippen LogP contribution is -2.21. The molecule has 0 aliphatic heterocycles. The van der Waals surface area contributed by atoms with Crippen LogP contribution in [0, 0.1) is 5.92 Å². The maximum atomic E-state index is 12.5. The fraction of sp³-hybridized carbons (Fsp3) is 0.474. The van der Waals surface area contributed by atoms with Crippen molar-refractivity contribution in [1.29, 1.82) is 0 Å². The van der Waals surface area contributed by atoms with Crippen LogP contribution in [0.15, 0.2) is 35.8 Å². The predicted molar refractivity (Wildman–Crippen MR) is 98.3 cm³/mol. The molecule has 1 aromatic carbocycles. The molecule has 1 saturated carbocycles. The van der Waals surface area contributed by atoms with E-state index in [2.05, 4.69) is 16.1 Å². The second kappa shape index (κ2) is 7.79. The predicted octanol–water partition coefficient (Wildman–Crippen LogP) is 4.30. The highest BCUT2D eigenvalue weighted by atomic mass is 32.1. The Morgan fingerprint density at radius 3 is 2.92 bits per heavy atom. The Morgan fingerprint density at radius 2 is 2.21 bits per heavy atom. The SMILES string of the molecule is C=CCn1c(=NC(=O)C2CCCCC2)sc2cc(OCC)ccc21. The van der Waals surface area contributed by atoms with Gasteiger partial charge in [-0.2, -0.15) is 4.99 Å². The summed E-state index contributed by atoms with van der Waals surface area (Å²) in [7, 11) is 0. The van der Waals surface area contributed by atoms with Gasteiger partial charge < -0.3 is 9.30 Å². The Bertz CT molecular complexity index is 797. The van der Waals surface area contributed by atoms with Crippen LogP contribution in [0.2, 0.25) is 0 Å². The molecule has 5 heteroatoms. The quantitative estimate of drug-likeness (QED) is 0.759. The van der Waals surface area contributed by atoms with E-state index in [0.29, 0.717) is 13.2 Å². The van der Waals surface area contributed by atoms with Crippen molar-refractivity contribution < 1.29 is 9.53 Å². The summed E-state index contributed by atoms with van der Waals surface area (Å²) in [5.74, 6) is 0.978. The number of rotatable bonds is 5. The molecule has 1 aliphatic rings. The highest BCUT2D eigenvalue weighted by molar-refractivity contribution is 7.16. The number of ether oxygens (including phenoxy) is 1. The summed E-state index contributed by atoms with van der Waals surface area (Å²) in [5, 5.41) is 0. The molecular weight excluding hydrogens is 320 g/mol. The Hall–Kier alpha value is -1.88. The van der Waals surface area contributed by atoms with E-state index in [1.807, 2.05) is 31.2 Å². The van der Waals surface area contributed by atoms with E-state index >= 15 is 0 Å². The number of aromatic nitrogens is 1. The molecule has 0 spiro atoms. The van der Waals surface area contributed by atoms with Gasteiger partial charge in [-0.1, -0.05) is 36.7 Å². The number of benzene rings is 1. The Balaban J connectivity index is 2.01. The van der Waals surface area contributed by atoms with Crippen molar-refractivity contribution in [3.05, 3.63) is 35.7 Å². The molecule has 3 rings (SSSR count). The first-order valence-corrected chi connectivity index (χ1v) is 9.50. The van der Waals surface area contributed by atoms with E-state index in [1.165, 1.54) is 6.42 Å². The van der Waals surface area contributed by atoms with Crippen LogP contribution in [-0.4, -0.2) is 17.1 Å². The molecular formula is C19H24N2O2S. The molecule has 4 nitrogen and oxygen atoms in total. The summed E-state index contributed by atoms with van der Waals surface area (Å²) in [6.45, 7) is 7.09. The summed E-state index contributed by atoms with van der Waals surface area (Å²) in [5.41, 5.74) is 1.07. The van der Waals surface area contributed by atoms with Crippen molar-refractivity contribution in [3.8, 4) is 5.75 Å². The molecule has 0 radical (unpaired) electrons. The summed E-state index contributed by atoms with van der Waals surface area (Å²) < 4.78 is 8.72. The van der Waals surface area contributed by atoms with Gasteiger partial charge in [0.25, 0.3) is 5.91 Å². The van der Waals surface area contributed by atoms with Gasteiger partial charge in [0.2, 0.25) is 0 Å². The van der Waals surface area contributed by atoms with Gasteiger partial charge >= 0.3 is 0 Å². The molecule has 1 aliphatic carbocycles. The van der Waals surface area contributed by atoms with Crippen molar-refractivity contribution in [2.75, 3.05) is 6.61 Å². The third kappa shape index (κ3) is 3.61. The van der Waals surface area contributed by atoms with E-state index in [4.69, 9.17) is 4.74 Å². The van der Waals surface area contributed by atoms with Gasteiger partial charge in [0.1, 0.15) is 5.75 Å². The molecule has 0 atom stereocenters. The monoisotopic (exact) mass is 344 g/mol. The van der Waals surface area contributed by atoms with E-state index < -0.39 is 0 Å². The maximum absolute atomic E-state index is 12.5. The summed E-state index contributed by atoms with van der Waals surface area (Å²) in [6, 6.07) is 6.02. The van der Waals surface area contributed by atoms with Crippen LogP contribution >= 0.6 is 11.3 Å². The van der Waals surface area contributed by atoms with Crippen LogP contribution in [0.5, 0.6) is 5.75 Å². The van der Waals surface area contributed by atoms with Crippen LogP contribution in [0.25, 0.3) is 10.2 Å². The first-order chi connectivity index (χ1) is 11.7. The second-order valence-electron chi connectivity index (χ2n) is 6.13. The average Bonchev–Trinajstić information content (AvgIpc) is 2.93. The summed E-state index contributed by atoms with van der Waals surface area (Å²) in [4.78, 5) is 17.8. The van der Waals surface area contributed by atoms with Gasteiger partial charge in [0.05, 0.1) is 16.8 Å². The highest BCUT2D eigenvalue weighted by Crippen LogP contribution is 2.26. The lowest BCUT2D eigenvalue weighted by atomic mass is 9.89. The number of hydrogen-bond acceptors (Lipinski definition) is 3. The van der Waals surface area contributed by atoms with Gasteiger partial charge in [-0.15, -0.1) is 6.58 Å². The van der Waals surface area contributed by atoms with E-state index in [0.717, 1.165) is 46.5 Å². The minimum Gasteiger partial charge on any atom is -0.494 e. The number of amides is 1. The number of allylic oxidation sites excluding steroid dienone is 1. The molecule has 128 valence electrons. The van der Waals surface area contributed by atoms with Crippen LogP contribution < -0.4 is 9.54 Å². The Kier molecular flexibility index (Phi) is 5.51. The fourth-order valence-corrected chi connectivity index (χ4v) is 4.31. The molecule has 1 amide bonds. The number of nitrogens with zero attached hydrogens (tertiary/aromatic N) is 2. The van der Waals surface area contributed by atoms with E-state index in [9.17, 15) is 4.79 Å². The van der Waals surface area contributed by atoms with Crippen LogP contribution in [-0.2, 0) is 11.3 Å². The van der Waals surface area contributed by atoms with Gasteiger partial charge in [-0.05, 0) is 38.0 Å². The van der Waals surface area contributed by atoms with Gasteiger partial charge in [0.15, 0.2) is 4.80 Å². The zero-order chi connectivity index (χ0) is 16.9. The van der Waals surface area contributed by atoms with Gasteiger partial charge in [-0.25, -0.2) is 0 Å². The van der Waals surface area contributed by atoms with E-state index in [-0.39, 0.29) is 11.8 Å². The third-order valence-corrected chi connectivity index (χ3v) is 5.48. The largest absolute Gasteiger partial charge is 0.494 e. The number of hydrogen-bond donors (Lipinski definition) is 0. The molecule has 2 aromatic rings. The smallest absolute Gasteiger partial charge is 0.251 e. The van der Waals surface area contributed by atoms with Crippen molar-refractivity contribution >= 4 is 27.5 Å². The second-order valence-corrected chi connectivity index (χ2v) is 7.14. The number of fused-ring (bicyclic) bond motifs is 1. The van der Waals surface area contributed by atoms with Crippen LogP contribution in [0.3, 0.4) is 0 Å². The van der Waals surface area contributed by atoms with Crippen molar-refractivity contribution in [1.82, 2.24) is 4.57 Å². The summed E-state index contributed by atoms with van der Waals surface area (Å²) >= 11 is 1.54. The maximum Gasteiger partial charge on any atom is 0.251 e. The molecule has 0 bridgehead atoms. The Labute approximate surface area is 146 Å². The number of thiazole rings is 1. The highest BCUT2D eigenvalue weighted by Gasteiger charge is 2.21. The van der Waals surface area contributed by atoms with Crippen LogP contribution in [0.4, 0.5) is 0 Å². The van der Waals surface area contributed by atoms with Crippen molar-refractivity contribution in [2.45, 2.75) is 45.6 Å². The Morgan fingerprint density at radius 1 is 1.42 bits per heavy atom. The first kappa shape index (κ1) is 17.0. The molecule has 24 heavy (non-hydrogen) atoms. The van der Waals surface area contributed by atoms with Crippen LogP contribution in [0.1, 0.15) is 39.0 Å². The number of carbonyl (C=O) groups is 1. The van der Waals surface area contributed by atoms with Gasteiger partial charge in [-0.3, -0.25) is 4.79 Å². The topological polar surface area (TPSA) is 43.6 Å². The number of carbonyl (C=O) groups excluding carboxylic acids is 1. The third-order valence-electron chi connectivity index (χ3n) is 4.44. The lowest BCUT2D eigenvalue weighted by Gasteiger charge is -2.17. The molecule has 0 unspecified atom stereocenters. The van der Waals surface area contributed by atoms with Crippen molar-refractivity contribution in [2.24, 2.45) is 10.9 Å². The zero-order valence-corrected chi connectivity index (χ0v) is 15.0.